The van der Waals surface area contributed by atoms with Crippen molar-refractivity contribution < 1.29 is 4.79 Å². The zero-order valence-electron chi connectivity index (χ0n) is 10.5. The molecule has 0 aromatic carbocycles. The van der Waals surface area contributed by atoms with Gasteiger partial charge in [0.2, 0.25) is 5.91 Å². The molecule has 1 fully saturated rings. The number of nitrogens with zero attached hydrogens (tertiary/aromatic N) is 3. The molecule has 98 valence electrons. The predicted molar refractivity (Wildman–Crippen MR) is 72.5 cm³/mol. The second-order valence-electron chi connectivity index (χ2n) is 4.32. The smallest absolute Gasteiger partial charge is 0.222 e. The fourth-order valence-corrected chi connectivity index (χ4v) is 2.33. The fourth-order valence-electron chi connectivity index (χ4n) is 1.95. The Labute approximate surface area is 110 Å². The third kappa shape index (κ3) is 3.04. The van der Waals surface area contributed by atoms with Gasteiger partial charge in [-0.25, -0.2) is 9.97 Å². The molecule has 1 atom stereocenters. The summed E-state index contributed by atoms with van der Waals surface area (Å²) in [5, 5.41) is 3.96. The highest BCUT2D eigenvalue weighted by atomic mass is 32.2. The summed E-state index contributed by atoms with van der Waals surface area (Å²) in [5.41, 5.74) is 5.72. The Kier molecular flexibility index (Phi) is 3.90. The summed E-state index contributed by atoms with van der Waals surface area (Å²) < 4.78 is 0. The lowest BCUT2D eigenvalue weighted by molar-refractivity contribution is -0.132. The molecule has 0 bridgehead atoms. The van der Waals surface area contributed by atoms with E-state index in [1.54, 1.807) is 11.0 Å². The van der Waals surface area contributed by atoms with Gasteiger partial charge in [0.1, 0.15) is 11.6 Å². The minimum absolute atomic E-state index is 0.194. The van der Waals surface area contributed by atoms with Crippen LogP contribution in [-0.4, -0.2) is 46.7 Å². The minimum atomic E-state index is 0.194. The second-order valence-corrected chi connectivity index (χ2v) is 5.09. The fraction of sp³-hybridized carbons (Fsp3) is 0.545. The number of nitrogens with two attached hydrogens (primary N) is 1. The van der Waals surface area contributed by atoms with Crippen molar-refractivity contribution in [2.45, 2.75) is 24.0 Å². The molecule has 0 radical (unpaired) electrons. The number of nitrogen functional groups attached to an aromatic ring is 1. The number of hydrogen-bond acceptors (Lipinski definition) is 6. The number of amides is 1. The van der Waals surface area contributed by atoms with Crippen molar-refractivity contribution in [3.05, 3.63) is 6.07 Å². The van der Waals surface area contributed by atoms with Crippen LogP contribution in [0.2, 0.25) is 0 Å². The number of carbonyl (C=O) groups excluding carboxylic acids is 1. The summed E-state index contributed by atoms with van der Waals surface area (Å²) in [7, 11) is 1.82. The molecule has 1 aliphatic heterocycles. The number of thioether (sulfide) groups is 1. The monoisotopic (exact) mass is 267 g/mol. The molecule has 1 aliphatic rings. The molecule has 0 spiro atoms. The lowest BCUT2D eigenvalue weighted by Gasteiger charge is -2.30. The Bertz CT molecular complexity index is 453. The number of aromatic nitrogens is 2. The van der Waals surface area contributed by atoms with Crippen LogP contribution in [0.15, 0.2) is 11.2 Å². The molecule has 0 aliphatic carbocycles. The van der Waals surface area contributed by atoms with Crippen molar-refractivity contribution in [2.24, 2.45) is 0 Å². The standard InChI is InChI=1S/C11H17N5OS/c1-16-6-7(3-4-10(16)17)13-9-5-8(12)14-11(15-9)18-2/h5,7H,3-4,6H2,1-2H3,(H3,12,13,14,15). The average molecular weight is 267 g/mol. The number of carbonyl (C=O) groups is 1. The van der Waals surface area contributed by atoms with Gasteiger partial charge in [0.15, 0.2) is 5.16 Å². The zero-order valence-corrected chi connectivity index (χ0v) is 11.3. The first-order valence-corrected chi connectivity index (χ1v) is 7.00. The third-order valence-electron chi connectivity index (χ3n) is 2.89. The van der Waals surface area contributed by atoms with Crippen LogP contribution in [0.3, 0.4) is 0 Å². The van der Waals surface area contributed by atoms with Gasteiger partial charge < -0.3 is 16.0 Å². The molecule has 1 saturated heterocycles. The summed E-state index contributed by atoms with van der Waals surface area (Å²) in [4.78, 5) is 21.6. The lowest BCUT2D eigenvalue weighted by atomic mass is 10.1. The number of likely N-dealkylation sites (N-methyl/N-ethyl adjacent to an activating group) is 1. The van der Waals surface area contributed by atoms with Crippen molar-refractivity contribution in [3.63, 3.8) is 0 Å². The van der Waals surface area contributed by atoms with Crippen LogP contribution in [0.25, 0.3) is 0 Å². The van der Waals surface area contributed by atoms with Crippen LogP contribution in [0, 0.1) is 0 Å². The first kappa shape index (κ1) is 12.9. The Morgan fingerprint density at radius 2 is 2.33 bits per heavy atom. The van der Waals surface area contributed by atoms with Gasteiger partial charge >= 0.3 is 0 Å². The van der Waals surface area contributed by atoms with E-state index >= 15 is 0 Å². The first-order chi connectivity index (χ1) is 8.58. The van der Waals surface area contributed by atoms with Crippen LogP contribution in [0.5, 0.6) is 0 Å². The minimum Gasteiger partial charge on any atom is -0.383 e. The van der Waals surface area contributed by atoms with Gasteiger partial charge in [-0.05, 0) is 12.7 Å². The number of piperidine rings is 1. The summed E-state index contributed by atoms with van der Waals surface area (Å²) in [6.45, 7) is 0.692. The van der Waals surface area contributed by atoms with E-state index in [0.717, 1.165) is 12.2 Å². The van der Waals surface area contributed by atoms with Crippen LogP contribution < -0.4 is 11.1 Å². The number of hydrogen-bond donors (Lipinski definition) is 2. The highest BCUT2D eigenvalue weighted by Crippen LogP contribution is 2.18. The van der Waals surface area contributed by atoms with E-state index in [1.807, 2.05) is 13.3 Å². The Balaban J connectivity index is 2.05. The van der Waals surface area contributed by atoms with Crippen molar-refractivity contribution in [1.82, 2.24) is 14.9 Å². The number of rotatable bonds is 3. The van der Waals surface area contributed by atoms with Crippen molar-refractivity contribution in [3.8, 4) is 0 Å². The summed E-state index contributed by atoms with van der Waals surface area (Å²) >= 11 is 1.45. The van der Waals surface area contributed by atoms with Gasteiger partial charge in [-0.3, -0.25) is 4.79 Å². The molecular formula is C11H17N5OS. The number of likely N-dealkylation sites (tertiary alicyclic amines) is 1. The maximum absolute atomic E-state index is 11.4. The van der Waals surface area contributed by atoms with Crippen molar-refractivity contribution in [2.75, 3.05) is 30.9 Å². The topological polar surface area (TPSA) is 84.1 Å². The molecule has 2 heterocycles. The summed E-state index contributed by atoms with van der Waals surface area (Å²) in [6, 6.07) is 1.94. The van der Waals surface area contributed by atoms with E-state index in [4.69, 9.17) is 5.73 Å². The molecule has 6 nitrogen and oxygen atoms in total. The van der Waals surface area contributed by atoms with E-state index in [-0.39, 0.29) is 11.9 Å². The summed E-state index contributed by atoms with van der Waals surface area (Å²) in [5.74, 6) is 1.37. The highest BCUT2D eigenvalue weighted by Gasteiger charge is 2.23. The number of anilines is 2. The molecule has 18 heavy (non-hydrogen) atoms. The van der Waals surface area contributed by atoms with Gasteiger partial charge in [0.05, 0.1) is 0 Å². The van der Waals surface area contributed by atoms with Crippen LogP contribution >= 0.6 is 11.8 Å². The molecule has 2 rings (SSSR count). The largest absolute Gasteiger partial charge is 0.383 e. The maximum Gasteiger partial charge on any atom is 0.222 e. The average Bonchev–Trinajstić information content (AvgIpc) is 2.33. The van der Waals surface area contributed by atoms with E-state index in [1.165, 1.54) is 11.8 Å². The molecular weight excluding hydrogens is 250 g/mol. The summed E-state index contributed by atoms with van der Waals surface area (Å²) in [6.07, 6.45) is 3.30. The normalized spacial score (nSPS) is 20.0. The zero-order chi connectivity index (χ0) is 13.1. The predicted octanol–water partition coefficient (Wildman–Crippen LogP) is 0.813. The van der Waals surface area contributed by atoms with Gasteiger partial charge in [0.25, 0.3) is 0 Å². The van der Waals surface area contributed by atoms with Gasteiger partial charge in [0, 0.05) is 32.1 Å². The third-order valence-corrected chi connectivity index (χ3v) is 3.43. The Morgan fingerprint density at radius 1 is 1.56 bits per heavy atom. The molecule has 1 amide bonds. The lowest BCUT2D eigenvalue weighted by Crippen LogP contribution is -2.43. The Hall–Kier alpha value is -1.50. The molecule has 7 heteroatoms. The van der Waals surface area contributed by atoms with E-state index in [2.05, 4.69) is 15.3 Å². The molecule has 3 N–H and O–H groups in total. The van der Waals surface area contributed by atoms with Crippen molar-refractivity contribution in [1.29, 1.82) is 0 Å². The first-order valence-electron chi connectivity index (χ1n) is 5.77. The maximum atomic E-state index is 11.4. The van der Waals surface area contributed by atoms with Crippen LogP contribution in [0.4, 0.5) is 11.6 Å². The molecule has 0 saturated carbocycles. The SMILES string of the molecule is CSc1nc(N)cc(NC2CCC(=O)N(C)C2)n1. The molecule has 1 aromatic rings. The van der Waals surface area contributed by atoms with Gasteiger partial charge in [-0.2, -0.15) is 0 Å². The van der Waals surface area contributed by atoms with Crippen LogP contribution in [-0.2, 0) is 4.79 Å². The molecule has 1 unspecified atom stereocenters. The van der Waals surface area contributed by atoms with Gasteiger partial charge in [-0.1, -0.05) is 11.8 Å². The van der Waals surface area contributed by atoms with Gasteiger partial charge in [-0.15, -0.1) is 0 Å². The molecule has 1 aromatic heterocycles. The number of nitrogens with one attached hydrogen (secondary N) is 1. The quantitative estimate of drug-likeness (QED) is 0.623. The Morgan fingerprint density at radius 3 is 3.00 bits per heavy atom. The van der Waals surface area contributed by atoms with Crippen molar-refractivity contribution >= 4 is 29.3 Å². The second kappa shape index (κ2) is 5.43. The van der Waals surface area contributed by atoms with E-state index < -0.39 is 0 Å². The van der Waals surface area contributed by atoms with Crippen LogP contribution in [0.1, 0.15) is 12.8 Å². The van der Waals surface area contributed by atoms with E-state index in [0.29, 0.717) is 23.9 Å². The van der Waals surface area contributed by atoms with E-state index in [9.17, 15) is 4.79 Å². The highest BCUT2D eigenvalue weighted by molar-refractivity contribution is 7.98.